The van der Waals surface area contributed by atoms with Crippen molar-refractivity contribution >= 4 is 29.2 Å². The predicted molar refractivity (Wildman–Crippen MR) is 103 cm³/mol. The number of hydrogen-bond acceptors (Lipinski definition) is 6. The Morgan fingerprint density at radius 1 is 0.857 bits per heavy atom. The van der Waals surface area contributed by atoms with Crippen LogP contribution in [0.4, 0.5) is 11.4 Å². The molecule has 2 aromatic rings. The van der Waals surface area contributed by atoms with Gasteiger partial charge in [0, 0.05) is 18.2 Å². The minimum atomic E-state index is -0.639. The van der Waals surface area contributed by atoms with Crippen molar-refractivity contribution in [1.82, 2.24) is 0 Å². The van der Waals surface area contributed by atoms with E-state index >= 15 is 0 Å². The van der Waals surface area contributed by atoms with E-state index in [0.717, 1.165) is 0 Å². The lowest BCUT2D eigenvalue weighted by Crippen LogP contribution is -2.22. The molecule has 0 aliphatic heterocycles. The Morgan fingerprint density at radius 3 is 2.29 bits per heavy atom. The number of anilines is 2. The molecule has 148 valence electrons. The van der Waals surface area contributed by atoms with Gasteiger partial charge in [0.25, 0.3) is 5.91 Å². The molecule has 8 heteroatoms. The minimum Gasteiger partial charge on any atom is -0.497 e. The monoisotopic (exact) mass is 386 g/mol. The first-order valence-electron chi connectivity index (χ1n) is 8.54. The molecule has 2 rings (SSSR count). The highest BCUT2D eigenvalue weighted by molar-refractivity contribution is 5.95. The van der Waals surface area contributed by atoms with Crippen LogP contribution in [0.3, 0.4) is 0 Å². The van der Waals surface area contributed by atoms with Crippen molar-refractivity contribution in [3.8, 4) is 11.5 Å². The summed E-state index contributed by atoms with van der Waals surface area (Å²) in [6, 6.07) is 13.8. The van der Waals surface area contributed by atoms with Gasteiger partial charge in [-0.25, -0.2) is 0 Å². The fourth-order valence-electron chi connectivity index (χ4n) is 2.27. The van der Waals surface area contributed by atoms with Gasteiger partial charge in [-0.3, -0.25) is 14.4 Å². The second-order valence-electron chi connectivity index (χ2n) is 5.69. The normalized spacial score (nSPS) is 9.93. The molecule has 0 aromatic heterocycles. The van der Waals surface area contributed by atoms with Gasteiger partial charge >= 0.3 is 5.97 Å². The van der Waals surface area contributed by atoms with Gasteiger partial charge in [0.05, 0.1) is 26.3 Å². The number of para-hydroxylation sites is 1. The van der Waals surface area contributed by atoms with Gasteiger partial charge in [-0.2, -0.15) is 0 Å². The van der Waals surface area contributed by atoms with Crippen molar-refractivity contribution in [2.75, 3.05) is 31.5 Å². The number of carbonyl (C=O) groups is 3. The first-order valence-corrected chi connectivity index (χ1v) is 8.54. The first-order chi connectivity index (χ1) is 13.5. The largest absolute Gasteiger partial charge is 0.497 e. The van der Waals surface area contributed by atoms with E-state index in [1.165, 1.54) is 14.2 Å². The van der Waals surface area contributed by atoms with E-state index in [1.807, 2.05) is 6.07 Å². The van der Waals surface area contributed by atoms with E-state index in [9.17, 15) is 14.4 Å². The van der Waals surface area contributed by atoms with Crippen molar-refractivity contribution < 1.29 is 28.6 Å². The molecule has 0 aliphatic rings. The van der Waals surface area contributed by atoms with E-state index in [-0.39, 0.29) is 18.7 Å². The molecule has 2 aromatic carbocycles. The summed E-state index contributed by atoms with van der Waals surface area (Å²) in [5, 5.41) is 5.26. The third kappa shape index (κ3) is 6.64. The average molecular weight is 386 g/mol. The molecule has 0 saturated carbocycles. The fraction of sp³-hybridized carbons (Fsp3) is 0.250. The number of methoxy groups -OCH3 is 2. The van der Waals surface area contributed by atoms with Gasteiger partial charge in [0.2, 0.25) is 5.91 Å². The molecule has 0 aliphatic carbocycles. The number of carbonyl (C=O) groups excluding carboxylic acids is 3. The van der Waals surface area contributed by atoms with Crippen LogP contribution in [0, 0.1) is 0 Å². The molecule has 0 fully saturated rings. The molecular formula is C20H22N2O6. The summed E-state index contributed by atoms with van der Waals surface area (Å²) >= 11 is 0. The highest BCUT2D eigenvalue weighted by Gasteiger charge is 2.13. The number of nitrogens with one attached hydrogen (secondary N) is 2. The Bertz CT molecular complexity index is 823. The Hall–Kier alpha value is -3.55. The minimum absolute atomic E-state index is 0.0400. The quantitative estimate of drug-likeness (QED) is 0.642. The maximum Gasteiger partial charge on any atom is 0.306 e. The maximum absolute atomic E-state index is 12.0. The summed E-state index contributed by atoms with van der Waals surface area (Å²) in [7, 11) is 2.98. The smallest absolute Gasteiger partial charge is 0.306 e. The molecule has 2 N–H and O–H groups in total. The van der Waals surface area contributed by atoms with Gasteiger partial charge in [0.15, 0.2) is 6.61 Å². The molecular weight excluding hydrogens is 364 g/mol. The molecule has 0 bridgehead atoms. The second kappa shape index (κ2) is 10.6. The molecule has 2 amide bonds. The van der Waals surface area contributed by atoms with Gasteiger partial charge < -0.3 is 24.8 Å². The third-order valence-corrected chi connectivity index (χ3v) is 3.66. The van der Waals surface area contributed by atoms with E-state index < -0.39 is 18.5 Å². The lowest BCUT2D eigenvalue weighted by Gasteiger charge is -2.11. The van der Waals surface area contributed by atoms with Crippen LogP contribution in [0.15, 0.2) is 48.5 Å². The van der Waals surface area contributed by atoms with Crippen molar-refractivity contribution in [1.29, 1.82) is 0 Å². The van der Waals surface area contributed by atoms with Crippen LogP contribution in [-0.4, -0.2) is 38.6 Å². The highest BCUT2D eigenvalue weighted by atomic mass is 16.5. The van der Waals surface area contributed by atoms with Crippen molar-refractivity contribution in [2.24, 2.45) is 0 Å². The van der Waals surface area contributed by atoms with Crippen molar-refractivity contribution in [3.05, 3.63) is 48.5 Å². The van der Waals surface area contributed by atoms with Gasteiger partial charge in [-0.15, -0.1) is 0 Å². The van der Waals surface area contributed by atoms with Gasteiger partial charge in [-0.1, -0.05) is 18.2 Å². The van der Waals surface area contributed by atoms with E-state index in [2.05, 4.69) is 10.6 Å². The van der Waals surface area contributed by atoms with Crippen LogP contribution in [-0.2, 0) is 19.1 Å². The molecule has 8 nitrogen and oxygen atoms in total. The van der Waals surface area contributed by atoms with Crippen LogP contribution in [0.25, 0.3) is 0 Å². The zero-order valence-electron chi connectivity index (χ0n) is 15.7. The average Bonchev–Trinajstić information content (AvgIpc) is 2.71. The van der Waals surface area contributed by atoms with Crippen LogP contribution >= 0.6 is 0 Å². The molecule has 0 unspecified atom stereocenters. The number of esters is 1. The fourth-order valence-corrected chi connectivity index (χ4v) is 2.27. The highest BCUT2D eigenvalue weighted by Crippen LogP contribution is 2.28. The Balaban J connectivity index is 1.73. The molecule has 0 heterocycles. The molecule has 0 saturated heterocycles. The maximum atomic E-state index is 12.0. The van der Waals surface area contributed by atoms with Crippen LogP contribution in [0.5, 0.6) is 11.5 Å². The Kier molecular flexibility index (Phi) is 7.83. The topological polar surface area (TPSA) is 103 Å². The van der Waals surface area contributed by atoms with Gasteiger partial charge in [-0.05, 0) is 24.3 Å². The van der Waals surface area contributed by atoms with Crippen molar-refractivity contribution in [3.63, 3.8) is 0 Å². The van der Waals surface area contributed by atoms with E-state index in [1.54, 1.807) is 42.5 Å². The number of hydrogen-bond donors (Lipinski definition) is 2. The lowest BCUT2D eigenvalue weighted by atomic mass is 10.2. The predicted octanol–water partition coefficient (Wildman–Crippen LogP) is 2.60. The zero-order valence-corrected chi connectivity index (χ0v) is 15.7. The lowest BCUT2D eigenvalue weighted by molar-refractivity contribution is -0.147. The summed E-state index contributed by atoms with van der Waals surface area (Å²) in [6.45, 7) is -0.464. The first kappa shape index (κ1) is 20.8. The summed E-state index contributed by atoms with van der Waals surface area (Å²) in [5.74, 6) is -0.479. The second-order valence-corrected chi connectivity index (χ2v) is 5.69. The molecule has 0 atom stereocenters. The number of ether oxygens (including phenoxy) is 3. The number of amides is 2. The van der Waals surface area contributed by atoms with Crippen LogP contribution < -0.4 is 20.1 Å². The van der Waals surface area contributed by atoms with Gasteiger partial charge in [0.1, 0.15) is 11.5 Å². The molecule has 28 heavy (non-hydrogen) atoms. The molecule has 0 radical (unpaired) electrons. The van der Waals surface area contributed by atoms with Crippen LogP contribution in [0.2, 0.25) is 0 Å². The Labute approximate surface area is 162 Å². The Morgan fingerprint density at radius 2 is 1.61 bits per heavy atom. The van der Waals surface area contributed by atoms with E-state index in [0.29, 0.717) is 22.9 Å². The summed E-state index contributed by atoms with van der Waals surface area (Å²) in [6.07, 6.45) is -0.167. The van der Waals surface area contributed by atoms with Crippen molar-refractivity contribution in [2.45, 2.75) is 12.8 Å². The van der Waals surface area contributed by atoms with E-state index in [4.69, 9.17) is 14.2 Å². The number of benzene rings is 2. The standard InChI is InChI=1S/C20H22N2O6/c1-26-15-8-9-16(17(12-15)27-2)22-19(24)13-28-20(25)11-10-18(23)21-14-6-4-3-5-7-14/h3-9,12H,10-11,13H2,1-2H3,(H,21,23)(H,22,24). The molecule has 0 spiro atoms. The summed E-state index contributed by atoms with van der Waals surface area (Å²) in [5.41, 5.74) is 1.07. The van der Waals surface area contributed by atoms with Crippen LogP contribution in [0.1, 0.15) is 12.8 Å². The summed E-state index contributed by atoms with van der Waals surface area (Å²) < 4.78 is 15.2. The SMILES string of the molecule is COc1ccc(NC(=O)COC(=O)CCC(=O)Nc2ccccc2)c(OC)c1. The summed E-state index contributed by atoms with van der Waals surface area (Å²) in [4.78, 5) is 35.5. The third-order valence-electron chi connectivity index (χ3n) is 3.66. The zero-order chi connectivity index (χ0) is 20.4. The number of rotatable bonds is 9.